The predicted octanol–water partition coefficient (Wildman–Crippen LogP) is 5.15. The van der Waals surface area contributed by atoms with Crippen molar-refractivity contribution in [1.82, 2.24) is 9.80 Å². The van der Waals surface area contributed by atoms with E-state index >= 15 is 0 Å². The topological polar surface area (TPSA) is 73.0 Å². The van der Waals surface area contributed by atoms with Gasteiger partial charge >= 0.3 is 0 Å². The molecule has 1 N–H and O–H groups in total. The maximum absolute atomic E-state index is 13.7. The predicted molar refractivity (Wildman–Crippen MR) is 156 cm³/mol. The number of hydrogen-bond donors (Lipinski definition) is 1. The molecule has 7 nitrogen and oxygen atoms in total. The number of nitrogens with one attached hydrogen (secondary N) is 1. The first kappa shape index (κ1) is 27.9. The Hall–Kier alpha value is -4.13. The molecule has 204 valence electrons. The van der Waals surface area contributed by atoms with Crippen LogP contribution in [0.1, 0.15) is 54.1 Å². The first-order valence-electron chi connectivity index (χ1n) is 13.7. The molecule has 4 rings (SSSR count). The molecule has 0 saturated carbocycles. The molecule has 3 amide bonds. The smallest absolute Gasteiger partial charge is 0.256 e. The number of benzene rings is 3. The van der Waals surface area contributed by atoms with Crippen molar-refractivity contribution in [2.45, 2.75) is 39.2 Å². The molecular formula is C32H38N4O3. The summed E-state index contributed by atoms with van der Waals surface area (Å²) in [6.45, 7) is 6.61. The van der Waals surface area contributed by atoms with Crippen LogP contribution in [0, 0.1) is 0 Å². The van der Waals surface area contributed by atoms with E-state index in [4.69, 9.17) is 0 Å². The van der Waals surface area contributed by atoms with E-state index in [9.17, 15) is 14.4 Å². The Balaban J connectivity index is 1.55. The molecule has 0 aromatic heterocycles. The highest BCUT2D eigenvalue weighted by Gasteiger charge is 2.28. The lowest BCUT2D eigenvalue weighted by Crippen LogP contribution is -2.38. The second-order valence-corrected chi connectivity index (χ2v) is 10.1. The lowest BCUT2D eigenvalue weighted by atomic mass is 9.95. The van der Waals surface area contributed by atoms with Crippen molar-refractivity contribution in [2.75, 3.05) is 43.4 Å². The summed E-state index contributed by atoms with van der Waals surface area (Å²) in [7, 11) is 1.79. The van der Waals surface area contributed by atoms with Crippen molar-refractivity contribution in [2.24, 2.45) is 0 Å². The van der Waals surface area contributed by atoms with Gasteiger partial charge in [-0.15, -0.1) is 0 Å². The Kier molecular flexibility index (Phi) is 9.36. The molecule has 3 aromatic rings. The van der Waals surface area contributed by atoms with E-state index < -0.39 is 0 Å². The molecule has 0 bridgehead atoms. The molecule has 1 aliphatic rings. The van der Waals surface area contributed by atoms with Crippen molar-refractivity contribution in [3.63, 3.8) is 0 Å². The van der Waals surface area contributed by atoms with Crippen LogP contribution in [0.25, 0.3) is 0 Å². The molecule has 3 aromatic carbocycles. The molecule has 1 fully saturated rings. The van der Waals surface area contributed by atoms with Gasteiger partial charge in [0.05, 0.1) is 11.5 Å². The van der Waals surface area contributed by atoms with Crippen molar-refractivity contribution in [1.29, 1.82) is 0 Å². The van der Waals surface area contributed by atoms with Crippen LogP contribution in [0.3, 0.4) is 0 Å². The fourth-order valence-corrected chi connectivity index (χ4v) is 5.24. The van der Waals surface area contributed by atoms with Crippen molar-refractivity contribution in [3.05, 3.63) is 95.6 Å². The Morgan fingerprint density at radius 1 is 0.897 bits per heavy atom. The third kappa shape index (κ3) is 7.05. The molecular weight excluding hydrogens is 488 g/mol. The maximum atomic E-state index is 13.7. The van der Waals surface area contributed by atoms with E-state index in [1.165, 1.54) is 6.92 Å². The standard InChI is InChI=1S/C32H38N4O3/c1-4-28(26-14-9-6-10-15-26)32(39)36-19-11-18-35(20-21-36)30-17-16-27(33-24(2)37)22-29(30)31(38)34(3)23-25-12-7-5-8-13-25/h5-10,12-17,22,28H,4,11,18-21,23H2,1-3H3,(H,33,37)/t28-/m0/s1. The van der Waals surface area contributed by atoms with Gasteiger partial charge < -0.3 is 20.0 Å². The monoisotopic (exact) mass is 526 g/mol. The highest BCUT2D eigenvalue weighted by atomic mass is 16.2. The minimum atomic E-state index is -0.188. The van der Waals surface area contributed by atoms with Gasteiger partial charge in [0.1, 0.15) is 0 Å². The molecule has 0 aliphatic carbocycles. The molecule has 7 heteroatoms. The average molecular weight is 527 g/mol. The maximum Gasteiger partial charge on any atom is 0.256 e. The van der Waals surface area contributed by atoms with E-state index in [0.29, 0.717) is 37.4 Å². The zero-order valence-corrected chi connectivity index (χ0v) is 23.1. The fraction of sp³-hybridized carbons (Fsp3) is 0.344. The molecule has 1 aliphatic heterocycles. The van der Waals surface area contributed by atoms with Gasteiger partial charge in [-0.3, -0.25) is 14.4 Å². The number of rotatable bonds is 8. The molecule has 1 heterocycles. The number of nitrogens with zero attached hydrogens (tertiary/aromatic N) is 3. The number of anilines is 2. The lowest BCUT2D eigenvalue weighted by molar-refractivity contribution is -0.132. The van der Waals surface area contributed by atoms with Crippen molar-refractivity contribution >= 4 is 29.1 Å². The fourth-order valence-electron chi connectivity index (χ4n) is 5.24. The zero-order valence-electron chi connectivity index (χ0n) is 23.1. The quantitative estimate of drug-likeness (QED) is 0.441. The molecule has 0 radical (unpaired) electrons. The van der Waals surface area contributed by atoms with Crippen LogP contribution in [0.2, 0.25) is 0 Å². The van der Waals surface area contributed by atoms with E-state index in [1.807, 2.05) is 77.7 Å². The van der Waals surface area contributed by atoms with E-state index in [-0.39, 0.29) is 23.6 Å². The SMILES string of the molecule is CC[C@H](C(=O)N1CCCN(c2ccc(NC(C)=O)cc2C(=O)N(C)Cc2ccccc2)CC1)c1ccccc1. The van der Waals surface area contributed by atoms with Gasteiger partial charge in [-0.2, -0.15) is 0 Å². The number of amides is 3. The third-order valence-electron chi connectivity index (χ3n) is 7.21. The van der Waals surface area contributed by atoms with Crippen molar-refractivity contribution in [3.8, 4) is 0 Å². The second-order valence-electron chi connectivity index (χ2n) is 10.1. The molecule has 0 unspecified atom stereocenters. The summed E-state index contributed by atoms with van der Waals surface area (Å²) in [5, 5.41) is 2.81. The van der Waals surface area contributed by atoms with Crippen LogP contribution in [-0.2, 0) is 16.1 Å². The Morgan fingerprint density at radius 3 is 2.26 bits per heavy atom. The van der Waals surface area contributed by atoms with Gasteiger partial charge in [-0.1, -0.05) is 67.6 Å². The minimum absolute atomic E-state index is 0.117. The van der Waals surface area contributed by atoms with Crippen LogP contribution in [0.4, 0.5) is 11.4 Å². The Bertz CT molecular complexity index is 1280. The van der Waals surface area contributed by atoms with Gasteiger partial charge in [-0.25, -0.2) is 0 Å². The molecule has 1 saturated heterocycles. The first-order valence-corrected chi connectivity index (χ1v) is 13.7. The van der Waals surface area contributed by atoms with Gasteiger partial charge in [0.15, 0.2) is 0 Å². The highest BCUT2D eigenvalue weighted by Crippen LogP contribution is 2.28. The van der Waals surface area contributed by atoms with Crippen LogP contribution in [0.5, 0.6) is 0 Å². The largest absolute Gasteiger partial charge is 0.369 e. The highest BCUT2D eigenvalue weighted by molar-refractivity contribution is 6.02. The number of carbonyl (C=O) groups excluding carboxylic acids is 3. The molecule has 1 atom stereocenters. The lowest BCUT2D eigenvalue weighted by Gasteiger charge is -2.28. The van der Waals surface area contributed by atoms with Crippen molar-refractivity contribution < 1.29 is 14.4 Å². The number of hydrogen-bond acceptors (Lipinski definition) is 4. The van der Waals surface area contributed by atoms with Crippen LogP contribution >= 0.6 is 0 Å². The zero-order chi connectivity index (χ0) is 27.8. The van der Waals surface area contributed by atoms with E-state index in [2.05, 4.69) is 17.1 Å². The summed E-state index contributed by atoms with van der Waals surface area (Å²) in [5.74, 6) is -0.302. The molecule has 0 spiro atoms. The second kappa shape index (κ2) is 13.1. The summed E-state index contributed by atoms with van der Waals surface area (Å²) in [6.07, 6.45) is 1.55. The van der Waals surface area contributed by atoms with E-state index in [0.717, 1.165) is 36.2 Å². The van der Waals surface area contributed by atoms with Gasteiger partial charge in [0.25, 0.3) is 5.91 Å². The summed E-state index contributed by atoms with van der Waals surface area (Å²) in [4.78, 5) is 44.8. The molecule has 39 heavy (non-hydrogen) atoms. The number of carbonyl (C=O) groups is 3. The third-order valence-corrected chi connectivity index (χ3v) is 7.21. The van der Waals surface area contributed by atoms with Crippen LogP contribution in [0.15, 0.2) is 78.9 Å². The van der Waals surface area contributed by atoms with Gasteiger partial charge in [-0.05, 0) is 42.2 Å². The summed E-state index contributed by atoms with van der Waals surface area (Å²) in [5.41, 5.74) is 4.03. The normalized spacial score (nSPS) is 14.3. The Morgan fingerprint density at radius 2 is 1.59 bits per heavy atom. The minimum Gasteiger partial charge on any atom is -0.369 e. The summed E-state index contributed by atoms with van der Waals surface area (Å²) < 4.78 is 0. The summed E-state index contributed by atoms with van der Waals surface area (Å²) >= 11 is 0. The van der Waals surface area contributed by atoms with Crippen LogP contribution < -0.4 is 10.2 Å². The van der Waals surface area contributed by atoms with E-state index in [1.54, 1.807) is 18.0 Å². The Labute approximate surface area is 231 Å². The van der Waals surface area contributed by atoms with Gasteiger partial charge in [0.2, 0.25) is 11.8 Å². The first-order chi connectivity index (χ1) is 18.9. The average Bonchev–Trinajstić information content (AvgIpc) is 3.20. The van der Waals surface area contributed by atoms with Gasteiger partial charge in [0, 0.05) is 58.1 Å². The van der Waals surface area contributed by atoms with Crippen LogP contribution in [-0.4, -0.2) is 60.7 Å². The summed E-state index contributed by atoms with van der Waals surface area (Å²) in [6, 6.07) is 25.4.